The van der Waals surface area contributed by atoms with Crippen molar-refractivity contribution in [2.45, 2.75) is 12.8 Å². The monoisotopic (exact) mass is 223 g/mol. The molecule has 0 amide bonds. The second kappa shape index (κ2) is 4.37. The van der Waals surface area contributed by atoms with Crippen LogP contribution in [0.1, 0.15) is 12.8 Å². The van der Waals surface area contributed by atoms with E-state index in [4.69, 9.17) is 0 Å². The third-order valence-electron chi connectivity index (χ3n) is 2.79. The summed E-state index contributed by atoms with van der Waals surface area (Å²) in [5, 5.41) is 0. The van der Waals surface area contributed by atoms with Gasteiger partial charge in [-0.1, -0.05) is 18.2 Å². The van der Waals surface area contributed by atoms with Crippen LogP contribution in [0, 0.1) is 0 Å². The van der Waals surface area contributed by atoms with Crippen molar-refractivity contribution in [1.82, 2.24) is 14.5 Å². The Hall–Kier alpha value is -2.16. The standard InChI is InChI=1S/C14H13N3/c1-2-6-12(7-3-1)17-11-10-16-14(17)13-8-4-5-9-15-13/h2,4-11H,1,3H2. The molecule has 84 valence electrons. The number of hydrogen-bond donors (Lipinski definition) is 0. The second-order valence-electron chi connectivity index (χ2n) is 3.94. The predicted molar refractivity (Wildman–Crippen MR) is 68.1 cm³/mol. The van der Waals surface area contributed by atoms with Gasteiger partial charge in [-0.2, -0.15) is 0 Å². The summed E-state index contributed by atoms with van der Waals surface area (Å²) < 4.78 is 2.08. The number of pyridine rings is 1. The summed E-state index contributed by atoms with van der Waals surface area (Å²) in [7, 11) is 0. The zero-order chi connectivity index (χ0) is 11.5. The van der Waals surface area contributed by atoms with Gasteiger partial charge in [0, 0.05) is 24.3 Å². The van der Waals surface area contributed by atoms with Gasteiger partial charge in [-0.25, -0.2) is 4.98 Å². The van der Waals surface area contributed by atoms with Crippen molar-refractivity contribution in [3.63, 3.8) is 0 Å². The molecule has 3 rings (SSSR count). The molecule has 0 unspecified atom stereocenters. The number of imidazole rings is 1. The first-order valence-electron chi connectivity index (χ1n) is 5.77. The topological polar surface area (TPSA) is 30.7 Å². The van der Waals surface area contributed by atoms with Gasteiger partial charge in [0.15, 0.2) is 5.82 Å². The van der Waals surface area contributed by atoms with E-state index in [0.717, 1.165) is 24.4 Å². The van der Waals surface area contributed by atoms with E-state index in [9.17, 15) is 0 Å². The zero-order valence-electron chi connectivity index (χ0n) is 9.45. The molecule has 3 heteroatoms. The summed E-state index contributed by atoms with van der Waals surface area (Å²) in [6.45, 7) is 0. The first kappa shape index (κ1) is 10.0. The lowest BCUT2D eigenvalue weighted by Crippen LogP contribution is -1.99. The summed E-state index contributed by atoms with van der Waals surface area (Å²) in [6, 6.07) is 5.87. The zero-order valence-corrected chi connectivity index (χ0v) is 9.45. The van der Waals surface area contributed by atoms with Crippen LogP contribution < -0.4 is 0 Å². The molecular formula is C14H13N3. The van der Waals surface area contributed by atoms with Gasteiger partial charge >= 0.3 is 0 Å². The number of allylic oxidation sites excluding steroid dienone is 4. The van der Waals surface area contributed by atoms with Crippen LogP contribution in [0.15, 0.2) is 55.0 Å². The van der Waals surface area contributed by atoms with E-state index in [2.05, 4.69) is 32.8 Å². The summed E-state index contributed by atoms with van der Waals surface area (Å²) in [6.07, 6.45) is 14.4. The van der Waals surface area contributed by atoms with E-state index in [0.29, 0.717) is 0 Å². The molecule has 0 N–H and O–H groups in total. The lowest BCUT2D eigenvalue weighted by Gasteiger charge is -2.11. The van der Waals surface area contributed by atoms with Crippen LogP contribution in [0.3, 0.4) is 0 Å². The van der Waals surface area contributed by atoms with E-state index in [1.54, 1.807) is 6.20 Å². The molecule has 1 aliphatic rings. The van der Waals surface area contributed by atoms with Crippen LogP contribution in [0.5, 0.6) is 0 Å². The van der Waals surface area contributed by atoms with Crippen LogP contribution in [0.2, 0.25) is 0 Å². The molecule has 1 aliphatic carbocycles. The lowest BCUT2D eigenvalue weighted by atomic mass is 10.1. The normalized spacial score (nSPS) is 14.7. The molecule has 2 heterocycles. The fraction of sp³-hybridized carbons (Fsp3) is 0.143. The second-order valence-corrected chi connectivity index (χ2v) is 3.94. The van der Waals surface area contributed by atoms with Gasteiger partial charge < -0.3 is 0 Å². The quantitative estimate of drug-likeness (QED) is 0.783. The molecule has 0 bridgehead atoms. The number of hydrogen-bond acceptors (Lipinski definition) is 2. The third-order valence-corrected chi connectivity index (χ3v) is 2.79. The van der Waals surface area contributed by atoms with Crippen LogP contribution in [0.25, 0.3) is 17.2 Å². The minimum Gasteiger partial charge on any atom is -0.299 e. The molecule has 0 radical (unpaired) electrons. The number of rotatable bonds is 2. The molecule has 3 nitrogen and oxygen atoms in total. The Morgan fingerprint density at radius 3 is 2.82 bits per heavy atom. The van der Waals surface area contributed by atoms with E-state index >= 15 is 0 Å². The van der Waals surface area contributed by atoms with Crippen molar-refractivity contribution >= 4 is 5.70 Å². The van der Waals surface area contributed by atoms with E-state index < -0.39 is 0 Å². The molecule has 0 aromatic carbocycles. The largest absolute Gasteiger partial charge is 0.299 e. The minimum absolute atomic E-state index is 0.892. The Morgan fingerprint density at radius 2 is 2.06 bits per heavy atom. The summed E-state index contributed by atoms with van der Waals surface area (Å²) in [5.74, 6) is 0.892. The maximum atomic E-state index is 4.39. The van der Waals surface area contributed by atoms with Gasteiger partial charge in [-0.15, -0.1) is 0 Å². The Balaban J connectivity index is 2.06. The molecular weight excluding hydrogens is 210 g/mol. The number of aromatic nitrogens is 3. The highest BCUT2D eigenvalue weighted by molar-refractivity contribution is 5.65. The highest BCUT2D eigenvalue weighted by Gasteiger charge is 2.09. The minimum atomic E-state index is 0.892. The fourth-order valence-electron chi connectivity index (χ4n) is 1.97. The summed E-state index contributed by atoms with van der Waals surface area (Å²) in [5.41, 5.74) is 2.08. The van der Waals surface area contributed by atoms with Crippen molar-refractivity contribution in [3.8, 4) is 11.5 Å². The molecule has 2 aromatic rings. The molecule has 0 spiro atoms. The van der Waals surface area contributed by atoms with Gasteiger partial charge in [0.05, 0.1) is 0 Å². The van der Waals surface area contributed by atoms with Crippen molar-refractivity contribution in [3.05, 3.63) is 55.0 Å². The first-order chi connectivity index (χ1) is 8.45. The molecule has 0 saturated heterocycles. The highest BCUT2D eigenvalue weighted by Crippen LogP contribution is 2.22. The lowest BCUT2D eigenvalue weighted by molar-refractivity contribution is 0.996. The predicted octanol–water partition coefficient (Wildman–Crippen LogP) is 3.14. The maximum absolute atomic E-state index is 4.39. The molecule has 0 atom stereocenters. The van der Waals surface area contributed by atoms with Gasteiger partial charge in [-0.3, -0.25) is 9.55 Å². The number of nitrogens with zero attached hydrogens (tertiary/aromatic N) is 3. The van der Waals surface area contributed by atoms with Gasteiger partial charge in [0.25, 0.3) is 0 Å². The third kappa shape index (κ3) is 1.91. The molecule has 17 heavy (non-hydrogen) atoms. The summed E-state index contributed by atoms with van der Waals surface area (Å²) >= 11 is 0. The van der Waals surface area contributed by atoms with Crippen molar-refractivity contribution < 1.29 is 0 Å². The SMILES string of the molecule is C1=CC(n2ccnc2-c2ccccn2)=CCC1. The summed E-state index contributed by atoms with van der Waals surface area (Å²) in [4.78, 5) is 8.73. The van der Waals surface area contributed by atoms with E-state index in [1.807, 2.05) is 30.6 Å². The average Bonchev–Trinajstić information content (AvgIpc) is 2.90. The van der Waals surface area contributed by atoms with Gasteiger partial charge in [0.2, 0.25) is 0 Å². The average molecular weight is 223 g/mol. The Kier molecular flexibility index (Phi) is 2.58. The molecule has 0 saturated carbocycles. The molecule has 0 fully saturated rings. The fourth-order valence-corrected chi connectivity index (χ4v) is 1.97. The van der Waals surface area contributed by atoms with Crippen molar-refractivity contribution in [2.24, 2.45) is 0 Å². The molecule has 2 aromatic heterocycles. The maximum Gasteiger partial charge on any atom is 0.163 e. The van der Waals surface area contributed by atoms with Crippen molar-refractivity contribution in [1.29, 1.82) is 0 Å². The smallest absolute Gasteiger partial charge is 0.163 e. The van der Waals surface area contributed by atoms with Crippen LogP contribution in [0.4, 0.5) is 0 Å². The van der Waals surface area contributed by atoms with Crippen LogP contribution in [-0.4, -0.2) is 14.5 Å². The van der Waals surface area contributed by atoms with E-state index in [1.165, 1.54) is 5.70 Å². The Bertz CT molecular complexity index is 564. The van der Waals surface area contributed by atoms with Gasteiger partial charge in [0.1, 0.15) is 5.69 Å². The Morgan fingerprint density at radius 1 is 1.06 bits per heavy atom. The Labute approximate surface area is 100 Å². The van der Waals surface area contributed by atoms with Crippen molar-refractivity contribution in [2.75, 3.05) is 0 Å². The highest BCUT2D eigenvalue weighted by atomic mass is 15.1. The molecule has 0 aliphatic heterocycles. The van der Waals surface area contributed by atoms with E-state index in [-0.39, 0.29) is 0 Å². The van der Waals surface area contributed by atoms with Gasteiger partial charge in [-0.05, 0) is 31.1 Å². The van der Waals surface area contributed by atoms with Crippen LogP contribution >= 0.6 is 0 Å². The van der Waals surface area contributed by atoms with Crippen LogP contribution in [-0.2, 0) is 0 Å². The first-order valence-corrected chi connectivity index (χ1v) is 5.77.